The van der Waals surface area contributed by atoms with E-state index in [4.69, 9.17) is 14.2 Å². The highest BCUT2D eigenvalue weighted by Gasteiger charge is 2.35. The van der Waals surface area contributed by atoms with Gasteiger partial charge in [0.25, 0.3) is 0 Å². The first-order chi connectivity index (χ1) is 12.1. The van der Waals surface area contributed by atoms with Gasteiger partial charge in [0.05, 0.1) is 0 Å². The molecule has 1 fully saturated rings. The molecule has 0 radical (unpaired) electrons. The van der Waals surface area contributed by atoms with Gasteiger partial charge in [0.2, 0.25) is 0 Å². The number of cyclic esters (lactones) is 1. The summed E-state index contributed by atoms with van der Waals surface area (Å²) in [5, 5.41) is 0. The first-order valence-corrected chi connectivity index (χ1v) is 9.48. The van der Waals surface area contributed by atoms with Gasteiger partial charge in [0, 0.05) is 13.0 Å². The highest BCUT2D eigenvalue weighted by atomic mass is 35.5. The maximum atomic E-state index is 12.1. The minimum Gasteiger partial charge on any atom is -1.00 e. The van der Waals surface area contributed by atoms with Crippen molar-refractivity contribution in [3.63, 3.8) is 0 Å². The second-order valence-electron chi connectivity index (χ2n) is 6.78. The fourth-order valence-corrected chi connectivity index (χ4v) is 3.11. The van der Waals surface area contributed by atoms with Crippen molar-refractivity contribution in [1.82, 2.24) is 0 Å². The molecular weight excluding hydrogens is 354 g/mol. The molecule has 0 bridgehead atoms. The van der Waals surface area contributed by atoms with E-state index in [-0.39, 0.29) is 42.7 Å². The van der Waals surface area contributed by atoms with Gasteiger partial charge in [-0.1, -0.05) is 38.0 Å². The van der Waals surface area contributed by atoms with Crippen LogP contribution in [0.4, 0.5) is 0 Å². The quantitative estimate of drug-likeness (QED) is 0.518. The second-order valence-corrected chi connectivity index (χ2v) is 6.78. The molecule has 1 aliphatic rings. The lowest BCUT2D eigenvalue weighted by molar-refractivity contribution is -0.410. The summed E-state index contributed by atoms with van der Waals surface area (Å²) >= 11 is 0. The standard InChI is InChI=1S/C20H31NO4.ClH/c1-3-4-8-14-23-19-15(2)24-20(22)17(21)12-9-13-18(19)25-16-10-6-5-7-11-16;/h5-7,10-11,15,17-19H,3-4,8-9,12-14,21H2,1-2H3;1H/t15-,17-,18-,19-;/m0./s1. The lowest BCUT2D eigenvalue weighted by Crippen LogP contribution is -3.00. The van der Waals surface area contributed by atoms with E-state index in [2.05, 4.69) is 12.7 Å². The van der Waals surface area contributed by atoms with Crippen molar-refractivity contribution in [2.45, 2.75) is 76.7 Å². The van der Waals surface area contributed by atoms with Crippen LogP contribution in [0.3, 0.4) is 0 Å². The molecule has 148 valence electrons. The summed E-state index contributed by atoms with van der Waals surface area (Å²) in [4.78, 5) is 12.1. The molecule has 26 heavy (non-hydrogen) atoms. The zero-order chi connectivity index (χ0) is 18.1. The van der Waals surface area contributed by atoms with Gasteiger partial charge in [-0.2, -0.15) is 0 Å². The average Bonchev–Trinajstić information content (AvgIpc) is 2.65. The van der Waals surface area contributed by atoms with E-state index in [0.29, 0.717) is 13.0 Å². The number of esters is 1. The lowest BCUT2D eigenvalue weighted by atomic mass is 10.0. The summed E-state index contributed by atoms with van der Waals surface area (Å²) in [5.74, 6) is 0.577. The van der Waals surface area contributed by atoms with Gasteiger partial charge in [0.15, 0.2) is 6.04 Å². The van der Waals surface area contributed by atoms with Gasteiger partial charge in [-0.15, -0.1) is 0 Å². The molecule has 1 aromatic rings. The van der Waals surface area contributed by atoms with Crippen molar-refractivity contribution in [2.24, 2.45) is 0 Å². The number of para-hydroxylation sites is 1. The molecule has 1 saturated heterocycles. The lowest BCUT2D eigenvalue weighted by Gasteiger charge is -2.31. The predicted octanol–water partition coefficient (Wildman–Crippen LogP) is -0.260. The molecule has 0 aromatic heterocycles. The molecule has 1 aliphatic heterocycles. The fraction of sp³-hybridized carbons (Fsp3) is 0.650. The van der Waals surface area contributed by atoms with Crippen molar-refractivity contribution in [1.29, 1.82) is 0 Å². The van der Waals surface area contributed by atoms with Gasteiger partial charge in [-0.3, -0.25) is 0 Å². The minimum absolute atomic E-state index is 0. The highest BCUT2D eigenvalue weighted by Crippen LogP contribution is 2.23. The minimum atomic E-state index is -0.356. The number of hydrogen-bond donors (Lipinski definition) is 1. The number of ether oxygens (including phenoxy) is 3. The van der Waals surface area contributed by atoms with Gasteiger partial charge < -0.3 is 32.4 Å². The van der Waals surface area contributed by atoms with Crippen LogP contribution in [0.1, 0.15) is 52.4 Å². The number of quaternary nitrogens is 1. The monoisotopic (exact) mass is 385 g/mol. The number of rotatable bonds is 7. The average molecular weight is 386 g/mol. The largest absolute Gasteiger partial charge is 1.00 e. The molecule has 0 aliphatic carbocycles. The summed E-state index contributed by atoms with van der Waals surface area (Å²) in [6.45, 7) is 4.71. The Morgan fingerprint density at radius 3 is 2.62 bits per heavy atom. The van der Waals surface area contributed by atoms with Crippen LogP contribution in [0.5, 0.6) is 5.75 Å². The van der Waals surface area contributed by atoms with Crippen LogP contribution in [0.2, 0.25) is 0 Å². The third kappa shape index (κ3) is 7.14. The van der Waals surface area contributed by atoms with E-state index in [9.17, 15) is 4.79 Å². The van der Waals surface area contributed by atoms with Gasteiger partial charge >= 0.3 is 5.97 Å². The van der Waals surface area contributed by atoms with E-state index in [1.54, 1.807) is 0 Å². The van der Waals surface area contributed by atoms with Crippen LogP contribution >= 0.6 is 0 Å². The molecule has 0 amide bonds. The zero-order valence-electron chi connectivity index (χ0n) is 15.9. The summed E-state index contributed by atoms with van der Waals surface area (Å²) in [7, 11) is 0. The first-order valence-electron chi connectivity index (χ1n) is 9.48. The number of halogens is 1. The number of carbonyl (C=O) groups excluding carboxylic acids is 1. The molecule has 2 rings (SSSR count). The van der Waals surface area contributed by atoms with E-state index in [1.807, 2.05) is 37.3 Å². The van der Waals surface area contributed by atoms with Crippen LogP contribution < -0.4 is 22.9 Å². The number of hydrogen-bond acceptors (Lipinski definition) is 4. The Hall–Kier alpha value is -1.30. The van der Waals surface area contributed by atoms with Crippen molar-refractivity contribution in [2.75, 3.05) is 6.61 Å². The molecule has 5 nitrogen and oxygen atoms in total. The molecular formula is C20H32ClNO4. The molecule has 1 aromatic carbocycles. The van der Waals surface area contributed by atoms with Crippen LogP contribution in [0, 0.1) is 0 Å². The van der Waals surface area contributed by atoms with Crippen molar-refractivity contribution in [3.05, 3.63) is 30.3 Å². The van der Waals surface area contributed by atoms with Crippen molar-refractivity contribution in [3.8, 4) is 5.75 Å². The van der Waals surface area contributed by atoms with Crippen LogP contribution in [-0.4, -0.2) is 36.9 Å². The molecule has 0 spiro atoms. The van der Waals surface area contributed by atoms with E-state index < -0.39 is 0 Å². The van der Waals surface area contributed by atoms with Crippen molar-refractivity contribution >= 4 is 5.97 Å². The fourth-order valence-electron chi connectivity index (χ4n) is 3.11. The molecule has 0 saturated carbocycles. The van der Waals surface area contributed by atoms with Crippen LogP contribution in [-0.2, 0) is 14.3 Å². The van der Waals surface area contributed by atoms with Gasteiger partial charge in [-0.05, 0) is 38.3 Å². The maximum Gasteiger partial charge on any atom is 0.365 e. The van der Waals surface area contributed by atoms with Crippen LogP contribution in [0.25, 0.3) is 0 Å². The Balaban J connectivity index is 0.00000338. The van der Waals surface area contributed by atoms with Gasteiger partial charge in [-0.25, -0.2) is 4.79 Å². The third-order valence-corrected chi connectivity index (χ3v) is 4.59. The normalized spacial score (nSPS) is 26.7. The highest BCUT2D eigenvalue weighted by molar-refractivity contribution is 5.74. The molecule has 6 heteroatoms. The van der Waals surface area contributed by atoms with Crippen LogP contribution in [0.15, 0.2) is 30.3 Å². The molecule has 3 N–H and O–H groups in total. The maximum absolute atomic E-state index is 12.1. The van der Waals surface area contributed by atoms with Crippen molar-refractivity contribution < 1.29 is 37.1 Å². The SMILES string of the molecule is CCCCCO[C@H]1[C@H](C)OC(=O)[C@@H]([NH3+])CCC[C@@H]1Oc1ccccc1.[Cl-]. The Labute approximate surface area is 163 Å². The Bertz CT molecular complexity index is 514. The number of unbranched alkanes of at least 4 members (excludes halogenated alkanes) is 2. The van der Waals surface area contributed by atoms with Gasteiger partial charge in [0.1, 0.15) is 24.1 Å². The molecule has 4 atom stereocenters. The van der Waals surface area contributed by atoms with E-state index >= 15 is 0 Å². The zero-order valence-corrected chi connectivity index (χ0v) is 16.6. The number of benzene rings is 1. The molecule has 1 heterocycles. The van der Waals surface area contributed by atoms with E-state index in [1.165, 1.54) is 0 Å². The summed E-state index contributed by atoms with van der Waals surface area (Å²) in [6, 6.07) is 9.45. The Kier molecular flexibility index (Phi) is 10.6. The first kappa shape index (κ1) is 22.7. The predicted molar refractivity (Wildman–Crippen MR) is 96.2 cm³/mol. The Morgan fingerprint density at radius 1 is 1.19 bits per heavy atom. The summed E-state index contributed by atoms with van der Waals surface area (Å²) < 4.78 is 18.0. The molecule has 0 unspecified atom stereocenters. The second kappa shape index (κ2) is 12.2. The summed E-state index contributed by atoms with van der Waals surface area (Å²) in [5.41, 5.74) is 3.92. The van der Waals surface area contributed by atoms with E-state index in [0.717, 1.165) is 37.9 Å². The Morgan fingerprint density at radius 2 is 1.92 bits per heavy atom. The number of carbonyl (C=O) groups is 1. The smallest absolute Gasteiger partial charge is 0.365 e. The summed E-state index contributed by atoms with van der Waals surface area (Å²) in [6.07, 6.45) is 4.90. The topological polar surface area (TPSA) is 72.4 Å². The third-order valence-electron chi connectivity index (χ3n) is 4.59.